The Balaban J connectivity index is 2.16. The van der Waals surface area contributed by atoms with Gasteiger partial charge in [0.15, 0.2) is 11.4 Å². The average molecular weight is 257 g/mol. The van der Waals surface area contributed by atoms with Gasteiger partial charge in [-0.3, -0.25) is 10.2 Å². The maximum atomic E-state index is 11.3. The first-order valence-electron chi connectivity index (χ1n) is 5.53. The molecule has 1 N–H and O–H groups in total. The lowest BCUT2D eigenvalue weighted by Crippen LogP contribution is -2.18. The predicted molar refractivity (Wildman–Crippen MR) is 72.0 cm³/mol. The number of carbonyl (C=O) groups excluding carboxylic acids is 1. The Morgan fingerprint density at radius 3 is 2.83 bits per heavy atom. The number of nitrogens with zero attached hydrogens (tertiary/aromatic N) is 2. The molecule has 0 unspecified atom stereocenters. The Morgan fingerprint density at radius 1 is 1.33 bits per heavy atom. The SMILES string of the molecule is CC1=CSc2nc(-c3ccccc3)c(C=O)n2N1. The van der Waals surface area contributed by atoms with Gasteiger partial charge in [-0.2, -0.15) is 0 Å². The minimum Gasteiger partial charge on any atom is -0.296 e. The van der Waals surface area contributed by atoms with E-state index in [1.54, 1.807) is 4.68 Å². The van der Waals surface area contributed by atoms with Crippen LogP contribution in [0.2, 0.25) is 0 Å². The first-order valence-corrected chi connectivity index (χ1v) is 6.41. The molecule has 5 heteroatoms. The van der Waals surface area contributed by atoms with Crippen LogP contribution in [0.4, 0.5) is 0 Å². The van der Waals surface area contributed by atoms with Crippen LogP contribution >= 0.6 is 11.8 Å². The average Bonchev–Trinajstić information content (AvgIpc) is 2.77. The zero-order valence-electron chi connectivity index (χ0n) is 9.75. The van der Waals surface area contributed by atoms with E-state index in [0.29, 0.717) is 11.4 Å². The number of thioether (sulfide) groups is 1. The summed E-state index contributed by atoms with van der Waals surface area (Å²) in [5, 5.41) is 2.76. The molecular formula is C13H11N3OS. The van der Waals surface area contributed by atoms with Crippen molar-refractivity contribution < 1.29 is 4.79 Å². The van der Waals surface area contributed by atoms with Crippen molar-refractivity contribution >= 4 is 18.0 Å². The van der Waals surface area contributed by atoms with E-state index in [1.807, 2.05) is 42.7 Å². The summed E-state index contributed by atoms with van der Waals surface area (Å²) in [6.45, 7) is 1.95. The van der Waals surface area contributed by atoms with Crippen molar-refractivity contribution in [3.63, 3.8) is 0 Å². The normalized spacial score (nSPS) is 13.5. The quantitative estimate of drug-likeness (QED) is 0.840. The molecule has 2 aromatic rings. The molecule has 0 amide bonds. The van der Waals surface area contributed by atoms with Crippen LogP contribution in [0.5, 0.6) is 0 Å². The van der Waals surface area contributed by atoms with E-state index in [0.717, 1.165) is 22.7 Å². The Hall–Kier alpha value is -2.01. The number of nitrogens with one attached hydrogen (secondary N) is 1. The fraction of sp³-hybridized carbons (Fsp3) is 0.0769. The molecule has 1 aromatic heterocycles. The van der Waals surface area contributed by atoms with E-state index in [4.69, 9.17) is 0 Å². The number of hydrogen-bond acceptors (Lipinski definition) is 4. The van der Waals surface area contributed by atoms with Gasteiger partial charge in [-0.15, -0.1) is 0 Å². The summed E-state index contributed by atoms with van der Waals surface area (Å²) in [7, 11) is 0. The number of carbonyl (C=O) groups is 1. The predicted octanol–water partition coefficient (Wildman–Crippen LogP) is 2.87. The van der Waals surface area contributed by atoms with Crippen molar-refractivity contribution in [2.45, 2.75) is 12.1 Å². The molecule has 0 bridgehead atoms. The van der Waals surface area contributed by atoms with E-state index in [9.17, 15) is 4.79 Å². The minimum atomic E-state index is 0.552. The van der Waals surface area contributed by atoms with Crippen LogP contribution in [0.15, 0.2) is 46.6 Å². The smallest absolute Gasteiger partial charge is 0.192 e. The van der Waals surface area contributed by atoms with Crippen LogP contribution < -0.4 is 5.43 Å². The second kappa shape index (κ2) is 4.34. The standard InChI is InChI=1S/C13H11N3OS/c1-9-8-18-13-14-12(10-5-3-2-4-6-10)11(7-17)16(13)15-9/h2-8,15H,1H3. The Morgan fingerprint density at radius 2 is 2.11 bits per heavy atom. The molecule has 2 heterocycles. The summed E-state index contributed by atoms with van der Waals surface area (Å²) in [6, 6.07) is 9.72. The molecule has 4 nitrogen and oxygen atoms in total. The summed E-state index contributed by atoms with van der Waals surface area (Å²) >= 11 is 1.51. The van der Waals surface area contributed by atoms with Crippen molar-refractivity contribution in [1.82, 2.24) is 9.66 Å². The summed E-state index contributed by atoms with van der Waals surface area (Å²) in [5.74, 6) is 0. The Labute approximate surface area is 109 Å². The molecule has 1 aliphatic heterocycles. The molecule has 1 aliphatic rings. The van der Waals surface area contributed by atoms with Crippen LogP contribution in [0.1, 0.15) is 17.4 Å². The van der Waals surface area contributed by atoms with Crippen LogP contribution in [-0.2, 0) is 0 Å². The number of allylic oxidation sites excluding steroid dienone is 1. The second-order valence-electron chi connectivity index (χ2n) is 3.98. The molecule has 0 atom stereocenters. The summed E-state index contributed by atoms with van der Waals surface area (Å²) in [6.07, 6.45) is 0.838. The number of hydrogen-bond donors (Lipinski definition) is 1. The van der Waals surface area contributed by atoms with Crippen molar-refractivity contribution in [1.29, 1.82) is 0 Å². The van der Waals surface area contributed by atoms with Gasteiger partial charge in [0.2, 0.25) is 0 Å². The van der Waals surface area contributed by atoms with Gasteiger partial charge >= 0.3 is 0 Å². The zero-order valence-corrected chi connectivity index (χ0v) is 10.6. The van der Waals surface area contributed by atoms with Crippen LogP contribution in [-0.4, -0.2) is 15.9 Å². The highest BCUT2D eigenvalue weighted by molar-refractivity contribution is 8.02. The van der Waals surface area contributed by atoms with Gasteiger partial charge < -0.3 is 0 Å². The van der Waals surface area contributed by atoms with Crippen LogP contribution in [0.3, 0.4) is 0 Å². The lowest BCUT2D eigenvalue weighted by atomic mass is 10.1. The van der Waals surface area contributed by atoms with Crippen molar-refractivity contribution in [2.24, 2.45) is 0 Å². The third kappa shape index (κ3) is 1.73. The number of aromatic nitrogens is 2. The number of aldehydes is 1. The third-order valence-corrected chi connectivity index (χ3v) is 3.63. The molecule has 3 rings (SSSR count). The highest BCUT2D eigenvalue weighted by atomic mass is 32.2. The monoisotopic (exact) mass is 257 g/mol. The largest absolute Gasteiger partial charge is 0.296 e. The molecule has 0 radical (unpaired) electrons. The van der Waals surface area contributed by atoms with Gasteiger partial charge in [-0.25, -0.2) is 9.66 Å². The molecule has 0 spiro atoms. The first kappa shape index (κ1) is 11.1. The highest BCUT2D eigenvalue weighted by Crippen LogP contribution is 2.30. The summed E-state index contributed by atoms with van der Waals surface area (Å²) in [4.78, 5) is 15.8. The molecule has 0 saturated carbocycles. The zero-order chi connectivity index (χ0) is 12.5. The number of imidazole rings is 1. The van der Waals surface area contributed by atoms with Gasteiger partial charge in [0.1, 0.15) is 11.4 Å². The molecular weight excluding hydrogens is 246 g/mol. The fourth-order valence-corrected chi connectivity index (χ4v) is 2.59. The number of fused-ring (bicyclic) bond motifs is 1. The van der Waals surface area contributed by atoms with Crippen molar-refractivity contribution in [2.75, 3.05) is 5.43 Å². The van der Waals surface area contributed by atoms with E-state index in [2.05, 4.69) is 10.4 Å². The van der Waals surface area contributed by atoms with E-state index < -0.39 is 0 Å². The van der Waals surface area contributed by atoms with Gasteiger partial charge in [0, 0.05) is 11.3 Å². The van der Waals surface area contributed by atoms with Gasteiger partial charge in [0.05, 0.1) is 0 Å². The first-order chi connectivity index (χ1) is 8.79. The van der Waals surface area contributed by atoms with Gasteiger partial charge in [-0.05, 0) is 12.3 Å². The van der Waals surface area contributed by atoms with Crippen LogP contribution in [0.25, 0.3) is 11.3 Å². The second-order valence-corrected chi connectivity index (χ2v) is 4.81. The minimum absolute atomic E-state index is 0.552. The lowest BCUT2D eigenvalue weighted by molar-refractivity contribution is 0.111. The lowest BCUT2D eigenvalue weighted by Gasteiger charge is -2.15. The van der Waals surface area contributed by atoms with Crippen LogP contribution in [0, 0.1) is 0 Å². The van der Waals surface area contributed by atoms with E-state index in [-0.39, 0.29) is 0 Å². The van der Waals surface area contributed by atoms with Gasteiger partial charge in [-0.1, -0.05) is 42.1 Å². The summed E-state index contributed by atoms with van der Waals surface area (Å²) < 4.78 is 1.73. The molecule has 1 aromatic carbocycles. The molecule has 0 saturated heterocycles. The maximum Gasteiger partial charge on any atom is 0.192 e. The van der Waals surface area contributed by atoms with Crippen molar-refractivity contribution in [3.05, 3.63) is 47.1 Å². The van der Waals surface area contributed by atoms with E-state index >= 15 is 0 Å². The van der Waals surface area contributed by atoms with E-state index in [1.165, 1.54) is 11.8 Å². The fourth-order valence-electron chi connectivity index (χ4n) is 1.86. The van der Waals surface area contributed by atoms with Gasteiger partial charge in [0.25, 0.3) is 0 Å². The number of benzene rings is 1. The topological polar surface area (TPSA) is 46.9 Å². The highest BCUT2D eigenvalue weighted by Gasteiger charge is 2.20. The molecule has 90 valence electrons. The molecule has 0 fully saturated rings. The Kier molecular flexibility index (Phi) is 2.68. The third-order valence-electron chi connectivity index (χ3n) is 2.67. The number of rotatable bonds is 2. The summed E-state index contributed by atoms with van der Waals surface area (Å²) in [5.41, 5.74) is 6.34. The Bertz CT molecular complexity index is 631. The maximum absolute atomic E-state index is 11.3. The van der Waals surface area contributed by atoms with Crippen molar-refractivity contribution in [3.8, 4) is 11.3 Å². The molecule has 18 heavy (non-hydrogen) atoms. The molecule has 0 aliphatic carbocycles.